The fourth-order valence-corrected chi connectivity index (χ4v) is 3.89. The maximum Gasteiger partial charge on any atom is 0.289 e. The Labute approximate surface area is 136 Å². The number of nitrogens with one attached hydrogen (secondary N) is 1. The summed E-state index contributed by atoms with van der Waals surface area (Å²) in [5, 5.41) is 0.786. The molecule has 2 aromatic heterocycles. The summed E-state index contributed by atoms with van der Waals surface area (Å²) >= 11 is 0. The molecular weight excluding hydrogens is 318 g/mol. The molecule has 7 nitrogen and oxygen atoms in total. The van der Waals surface area contributed by atoms with Gasteiger partial charge in [0.05, 0.1) is 18.5 Å². The van der Waals surface area contributed by atoms with Gasteiger partial charge in [0.2, 0.25) is 5.91 Å². The molecule has 0 bridgehead atoms. The summed E-state index contributed by atoms with van der Waals surface area (Å²) in [4.78, 5) is 26.5. The highest BCUT2D eigenvalue weighted by molar-refractivity contribution is 5.87. The van der Waals surface area contributed by atoms with E-state index >= 15 is 0 Å². The molecule has 2 saturated heterocycles. The quantitative estimate of drug-likeness (QED) is 0.844. The second-order valence-electron chi connectivity index (χ2n) is 6.38. The highest BCUT2D eigenvalue weighted by Gasteiger charge is 2.69. The number of halogens is 2. The third-order valence-corrected chi connectivity index (χ3v) is 5.13. The SMILES string of the molecule is NCC(=O)N1CC(F)(F)C12CCCN(c1ncnc3[nH]ccc13)C2. The minimum absolute atomic E-state index is 0.0447. The molecule has 9 heteroatoms. The van der Waals surface area contributed by atoms with E-state index in [1.54, 1.807) is 6.20 Å². The topological polar surface area (TPSA) is 91.1 Å². The number of nitrogens with two attached hydrogens (primary N) is 1. The molecule has 4 heterocycles. The smallest absolute Gasteiger partial charge is 0.289 e. The maximum absolute atomic E-state index is 14.5. The summed E-state index contributed by atoms with van der Waals surface area (Å²) in [7, 11) is 0. The number of alkyl halides is 2. The minimum atomic E-state index is -2.92. The van der Waals surface area contributed by atoms with Gasteiger partial charge in [-0.15, -0.1) is 0 Å². The van der Waals surface area contributed by atoms with Crippen LogP contribution in [-0.2, 0) is 4.79 Å². The Bertz CT molecular complexity index is 793. The fourth-order valence-electron chi connectivity index (χ4n) is 3.89. The standard InChI is InChI=1S/C15H18F2N6O/c16-15(17)8-23(11(24)6-18)14(15)3-1-5-22(7-14)13-10-2-4-19-12(10)20-9-21-13/h2,4,9H,1,3,5-8,18H2,(H,19,20,21). The minimum Gasteiger partial charge on any atom is -0.353 e. The van der Waals surface area contributed by atoms with E-state index in [-0.39, 0.29) is 19.5 Å². The van der Waals surface area contributed by atoms with Crippen LogP contribution in [-0.4, -0.2) is 63.4 Å². The van der Waals surface area contributed by atoms with Gasteiger partial charge in [0.1, 0.15) is 23.3 Å². The first-order valence-electron chi connectivity index (χ1n) is 7.90. The van der Waals surface area contributed by atoms with Gasteiger partial charge in [0.15, 0.2) is 0 Å². The molecule has 2 aliphatic heterocycles. The van der Waals surface area contributed by atoms with Crippen LogP contribution in [0.1, 0.15) is 12.8 Å². The fraction of sp³-hybridized carbons (Fsp3) is 0.533. The molecule has 24 heavy (non-hydrogen) atoms. The Morgan fingerprint density at radius 3 is 2.96 bits per heavy atom. The van der Waals surface area contributed by atoms with E-state index in [1.165, 1.54) is 11.2 Å². The Balaban J connectivity index is 1.70. The number of anilines is 1. The van der Waals surface area contributed by atoms with E-state index in [9.17, 15) is 13.6 Å². The molecule has 0 radical (unpaired) electrons. The van der Waals surface area contributed by atoms with Gasteiger partial charge in [0.25, 0.3) is 5.92 Å². The second-order valence-corrected chi connectivity index (χ2v) is 6.38. The van der Waals surface area contributed by atoms with E-state index in [0.717, 1.165) is 5.39 Å². The van der Waals surface area contributed by atoms with Crippen LogP contribution in [0, 0.1) is 0 Å². The van der Waals surface area contributed by atoms with E-state index < -0.39 is 23.9 Å². The molecule has 1 spiro atoms. The molecule has 1 amide bonds. The molecule has 0 saturated carbocycles. The first kappa shape index (κ1) is 15.3. The number of carbonyl (C=O) groups excluding carboxylic acids is 1. The highest BCUT2D eigenvalue weighted by Crippen LogP contribution is 2.50. The summed E-state index contributed by atoms with van der Waals surface area (Å²) in [6.07, 6.45) is 3.98. The predicted molar refractivity (Wildman–Crippen MR) is 83.8 cm³/mol. The molecule has 4 rings (SSSR count). The van der Waals surface area contributed by atoms with Gasteiger partial charge < -0.3 is 20.5 Å². The van der Waals surface area contributed by atoms with Crippen molar-refractivity contribution in [1.82, 2.24) is 19.9 Å². The van der Waals surface area contributed by atoms with Gasteiger partial charge in [0, 0.05) is 19.3 Å². The third-order valence-electron chi connectivity index (χ3n) is 5.13. The number of amides is 1. The number of rotatable bonds is 2. The first-order chi connectivity index (χ1) is 11.5. The van der Waals surface area contributed by atoms with Crippen LogP contribution in [0.2, 0.25) is 0 Å². The van der Waals surface area contributed by atoms with Crippen LogP contribution in [0.15, 0.2) is 18.6 Å². The zero-order valence-corrected chi connectivity index (χ0v) is 13.0. The molecule has 1 unspecified atom stereocenters. The van der Waals surface area contributed by atoms with Gasteiger partial charge in [-0.1, -0.05) is 0 Å². The van der Waals surface area contributed by atoms with Crippen molar-refractivity contribution in [3.05, 3.63) is 18.6 Å². The zero-order valence-electron chi connectivity index (χ0n) is 13.0. The van der Waals surface area contributed by atoms with Crippen LogP contribution in [0.4, 0.5) is 14.6 Å². The number of hydrogen-bond acceptors (Lipinski definition) is 5. The van der Waals surface area contributed by atoms with Crippen molar-refractivity contribution in [1.29, 1.82) is 0 Å². The lowest BCUT2D eigenvalue weighted by atomic mass is 9.74. The van der Waals surface area contributed by atoms with Crippen LogP contribution >= 0.6 is 0 Å². The number of aromatic amines is 1. The van der Waals surface area contributed by atoms with E-state index in [2.05, 4.69) is 15.0 Å². The lowest BCUT2D eigenvalue weighted by molar-refractivity contribution is -0.243. The van der Waals surface area contributed by atoms with Crippen LogP contribution in [0.25, 0.3) is 11.0 Å². The normalized spacial score (nSPS) is 26.0. The summed E-state index contributed by atoms with van der Waals surface area (Å²) in [6.45, 7) is -0.156. The Morgan fingerprint density at radius 2 is 2.21 bits per heavy atom. The molecule has 1 atom stereocenters. The number of nitrogens with zero attached hydrogens (tertiary/aromatic N) is 4. The largest absolute Gasteiger partial charge is 0.353 e. The summed E-state index contributed by atoms with van der Waals surface area (Å²) < 4.78 is 28.9. The first-order valence-corrected chi connectivity index (χ1v) is 7.90. The van der Waals surface area contributed by atoms with Crippen molar-refractivity contribution in [3.8, 4) is 0 Å². The Kier molecular flexibility index (Phi) is 3.24. The summed E-state index contributed by atoms with van der Waals surface area (Å²) in [5.74, 6) is -2.73. The van der Waals surface area contributed by atoms with Gasteiger partial charge in [-0.3, -0.25) is 4.79 Å². The predicted octanol–water partition coefficient (Wildman–Crippen LogP) is 0.733. The second kappa shape index (κ2) is 5.10. The molecule has 0 aromatic carbocycles. The van der Waals surface area contributed by atoms with Crippen LogP contribution in [0.5, 0.6) is 0 Å². The van der Waals surface area contributed by atoms with Gasteiger partial charge >= 0.3 is 0 Å². The van der Waals surface area contributed by atoms with E-state index in [1.807, 2.05) is 11.0 Å². The number of piperidine rings is 1. The average molecular weight is 336 g/mol. The zero-order chi connectivity index (χ0) is 16.9. The molecule has 2 fully saturated rings. The van der Waals surface area contributed by atoms with Crippen molar-refractivity contribution in [3.63, 3.8) is 0 Å². The average Bonchev–Trinajstić information content (AvgIpc) is 3.08. The van der Waals surface area contributed by atoms with Gasteiger partial charge in [-0.05, 0) is 18.9 Å². The monoisotopic (exact) mass is 336 g/mol. The van der Waals surface area contributed by atoms with Crippen LogP contribution in [0.3, 0.4) is 0 Å². The number of carbonyl (C=O) groups is 1. The summed E-state index contributed by atoms with van der Waals surface area (Å²) in [6, 6.07) is 1.83. The Hall–Kier alpha value is -2.29. The molecule has 2 aliphatic rings. The lowest BCUT2D eigenvalue weighted by Gasteiger charge is -2.61. The van der Waals surface area contributed by atoms with Crippen molar-refractivity contribution in [2.24, 2.45) is 5.73 Å². The molecule has 0 aliphatic carbocycles. The number of H-pyrrole nitrogens is 1. The summed E-state index contributed by atoms with van der Waals surface area (Å²) in [5.41, 5.74) is 4.56. The third kappa shape index (κ3) is 1.94. The van der Waals surface area contributed by atoms with Crippen LogP contribution < -0.4 is 10.6 Å². The molecule has 3 N–H and O–H groups in total. The van der Waals surface area contributed by atoms with Crippen molar-refractivity contribution < 1.29 is 13.6 Å². The van der Waals surface area contributed by atoms with E-state index in [4.69, 9.17) is 5.73 Å². The Morgan fingerprint density at radius 1 is 1.38 bits per heavy atom. The molecule has 128 valence electrons. The van der Waals surface area contributed by atoms with Crippen molar-refractivity contribution in [2.45, 2.75) is 24.3 Å². The van der Waals surface area contributed by atoms with Gasteiger partial charge in [-0.25, -0.2) is 18.7 Å². The van der Waals surface area contributed by atoms with Gasteiger partial charge in [-0.2, -0.15) is 0 Å². The highest BCUT2D eigenvalue weighted by atomic mass is 19.3. The van der Waals surface area contributed by atoms with Crippen molar-refractivity contribution >= 4 is 22.8 Å². The van der Waals surface area contributed by atoms with Crippen molar-refractivity contribution in [2.75, 3.05) is 31.1 Å². The molecular formula is C15H18F2N6O. The number of fused-ring (bicyclic) bond motifs is 1. The molecule has 2 aromatic rings. The lowest BCUT2D eigenvalue weighted by Crippen LogP contribution is -2.81. The number of hydrogen-bond donors (Lipinski definition) is 2. The maximum atomic E-state index is 14.5. The number of aromatic nitrogens is 3. The number of likely N-dealkylation sites (tertiary alicyclic amines) is 1. The van der Waals surface area contributed by atoms with E-state index in [0.29, 0.717) is 24.4 Å².